The van der Waals surface area contributed by atoms with E-state index in [-0.39, 0.29) is 0 Å². The van der Waals surface area contributed by atoms with Crippen LogP contribution in [0.4, 0.5) is 0 Å². The first-order valence-electron chi connectivity index (χ1n) is 16.3. The number of nitrogens with zero attached hydrogens (tertiary/aromatic N) is 2. The van der Waals surface area contributed by atoms with E-state index >= 15 is 0 Å². The van der Waals surface area contributed by atoms with Crippen LogP contribution in [0.15, 0.2) is 48.5 Å². The van der Waals surface area contributed by atoms with E-state index in [1.54, 1.807) is 0 Å². The van der Waals surface area contributed by atoms with E-state index in [4.69, 9.17) is 9.47 Å². The Balaban J connectivity index is 1.28. The Bertz CT molecular complexity index is 946. The number of piperidine rings is 2. The fraction of sp³-hybridized carbons (Fsp3) is 0.611. The molecule has 0 aliphatic carbocycles. The number of ether oxygens (including phenoxy) is 2. The first-order chi connectivity index (χ1) is 19.6. The molecule has 2 unspecified atom stereocenters. The quantitative estimate of drug-likeness (QED) is 0.175. The van der Waals surface area contributed by atoms with Crippen molar-refractivity contribution in [2.24, 2.45) is 0 Å². The van der Waals surface area contributed by atoms with Gasteiger partial charge in [0.1, 0.15) is 11.5 Å². The van der Waals surface area contributed by atoms with E-state index < -0.39 is 0 Å². The van der Waals surface area contributed by atoms with Crippen molar-refractivity contribution >= 4 is 11.1 Å². The molecule has 4 nitrogen and oxygen atoms in total. The Morgan fingerprint density at radius 2 is 1.02 bits per heavy atom. The second-order valence-corrected chi connectivity index (χ2v) is 11.9. The van der Waals surface area contributed by atoms with Gasteiger partial charge in [0.05, 0.1) is 13.2 Å². The van der Waals surface area contributed by atoms with Crippen LogP contribution in [-0.2, 0) is 0 Å². The van der Waals surface area contributed by atoms with Crippen LogP contribution >= 0.6 is 0 Å². The second-order valence-electron chi connectivity index (χ2n) is 11.9. The van der Waals surface area contributed by atoms with E-state index in [1.165, 1.54) is 73.9 Å². The van der Waals surface area contributed by atoms with Gasteiger partial charge in [0.15, 0.2) is 0 Å². The van der Waals surface area contributed by atoms with Crippen molar-refractivity contribution in [1.29, 1.82) is 0 Å². The van der Waals surface area contributed by atoms with Gasteiger partial charge in [0.25, 0.3) is 0 Å². The number of likely N-dealkylation sites (tertiary alicyclic amines) is 2. The van der Waals surface area contributed by atoms with Gasteiger partial charge in [0, 0.05) is 25.2 Å². The van der Waals surface area contributed by atoms with Crippen LogP contribution in [0.25, 0.3) is 11.1 Å². The molecule has 40 heavy (non-hydrogen) atoms. The Morgan fingerprint density at radius 3 is 1.38 bits per heavy atom. The highest BCUT2D eigenvalue weighted by molar-refractivity contribution is 5.90. The topological polar surface area (TPSA) is 24.9 Å². The van der Waals surface area contributed by atoms with Gasteiger partial charge >= 0.3 is 0 Å². The molecule has 0 spiro atoms. The molecule has 2 aliphatic heterocycles. The molecular weight excluding hydrogens is 492 g/mol. The van der Waals surface area contributed by atoms with E-state index in [0.29, 0.717) is 0 Å². The SMILES string of the molecule is CC/C(=C(\CC)c1ccc(OCCCN2CCCCC2C)cc1)c1ccc(OCCCN2CCCCC2C)cc1. The monoisotopic (exact) mass is 546 g/mol. The summed E-state index contributed by atoms with van der Waals surface area (Å²) in [4.78, 5) is 5.24. The predicted octanol–water partition coefficient (Wildman–Crippen LogP) is 8.70. The van der Waals surface area contributed by atoms with Gasteiger partial charge in [-0.3, -0.25) is 0 Å². The van der Waals surface area contributed by atoms with Crippen molar-refractivity contribution < 1.29 is 9.47 Å². The lowest BCUT2D eigenvalue weighted by atomic mass is 9.91. The summed E-state index contributed by atoms with van der Waals surface area (Å²) in [6.45, 7) is 15.6. The van der Waals surface area contributed by atoms with E-state index in [2.05, 4.69) is 86.0 Å². The van der Waals surface area contributed by atoms with Gasteiger partial charge in [0.2, 0.25) is 0 Å². The van der Waals surface area contributed by atoms with E-state index in [1.807, 2.05) is 0 Å². The van der Waals surface area contributed by atoms with Gasteiger partial charge in [-0.25, -0.2) is 0 Å². The molecular formula is C36H54N2O2. The number of hydrogen-bond acceptors (Lipinski definition) is 4. The molecule has 2 fully saturated rings. The molecule has 4 rings (SSSR count). The van der Waals surface area contributed by atoms with Crippen molar-refractivity contribution in [2.75, 3.05) is 39.4 Å². The summed E-state index contributed by atoms with van der Waals surface area (Å²) in [6, 6.07) is 19.0. The molecule has 4 heteroatoms. The first-order valence-corrected chi connectivity index (χ1v) is 16.3. The minimum absolute atomic E-state index is 0.724. The van der Waals surface area contributed by atoms with Crippen molar-refractivity contribution in [1.82, 2.24) is 9.80 Å². The lowest BCUT2D eigenvalue weighted by Gasteiger charge is -2.33. The number of hydrogen-bond donors (Lipinski definition) is 0. The molecule has 0 bridgehead atoms. The highest BCUT2D eigenvalue weighted by Crippen LogP contribution is 2.33. The van der Waals surface area contributed by atoms with Crippen molar-refractivity contribution in [3.63, 3.8) is 0 Å². The van der Waals surface area contributed by atoms with Gasteiger partial charge in [-0.1, -0.05) is 51.0 Å². The minimum Gasteiger partial charge on any atom is -0.494 e. The lowest BCUT2D eigenvalue weighted by molar-refractivity contribution is 0.148. The fourth-order valence-corrected chi connectivity index (χ4v) is 6.58. The summed E-state index contributed by atoms with van der Waals surface area (Å²) in [7, 11) is 0. The fourth-order valence-electron chi connectivity index (χ4n) is 6.58. The summed E-state index contributed by atoms with van der Waals surface area (Å²) in [5, 5.41) is 0. The van der Waals surface area contributed by atoms with Crippen LogP contribution in [0.5, 0.6) is 11.5 Å². The highest BCUT2D eigenvalue weighted by atomic mass is 16.5. The summed E-state index contributed by atoms with van der Waals surface area (Å²) >= 11 is 0. The lowest BCUT2D eigenvalue weighted by Crippen LogP contribution is -2.38. The third kappa shape index (κ3) is 8.85. The van der Waals surface area contributed by atoms with Crippen molar-refractivity contribution in [3.8, 4) is 11.5 Å². The van der Waals surface area contributed by atoms with Crippen LogP contribution in [-0.4, -0.2) is 61.3 Å². The zero-order valence-electron chi connectivity index (χ0n) is 25.8. The zero-order valence-corrected chi connectivity index (χ0v) is 25.8. The highest BCUT2D eigenvalue weighted by Gasteiger charge is 2.18. The molecule has 220 valence electrons. The molecule has 2 saturated heterocycles. The molecule has 0 amide bonds. The maximum atomic E-state index is 6.11. The molecule has 0 aromatic heterocycles. The summed E-state index contributed by atoms with van der Waals surface area (Å²) in [5.41, 5.74) is 5.41. The molecule has 2 aliphatic rings. The predicted molar refractivity (Wildman–Crippen MR) is 170 cm³/mol. The largest absolute Gasteiger partial charge is 0.494 e. The number of rotatable bonds is 14. The molecule has 2 atom stereocenters. The first kappa shape index (κ1) is 30.7. The van der Waals surface area contributed by atoms with Crippen LogP contribution in [0.1, 0.15) is 103 Å². The summed E-state index contributed by atoms with van der Waals surface area (Å²) < 4.78 is 12.2. The normalized spacial score (nSPS) is 21.2. The Labute approximate surface area is 244 Å². The Hall–Kier alpha value is -2.30. The smallest absolute Gasteiger partial charge is 0.119 e. The van der Waals surface area contributed by atoms with Gasteiger partial charge in [-0.05, 0) is 125 Å². The third-order valence-electron chi connectivity index (χ3n) is 9.07. The van der Waals surface area contributed by atoms with E-state index in [0.717, 1.165) is 75.6 Å². The molecule has 0 saturated carbocycles. The standard InChI is InChI=1S/C36H54N2O2/c1-5-35(31-15-19-33(20-16-31)39-27-11-25-37-23-9-7-13-29(37)3)36(6-2)32-17-21-34(22-18-32)40-28-12-26-38-24-10-8-14-30(38)4/h15-22,29-30H,5-14,23-28H2,1-4H3/b36-35-. The van der Waals surface area contributed by atoms with Crippen molar-refractivity contribution in [3.05, 3.63) is 59.7 Å². The maximum absolute atomic E-state index is 6.11. The van der Waals surface area contributed by atoms with Crippen LogP contribution in [0, 0.1) is 0 Å². The van der Waals surface area contributed by atoms with E-state index in [9.17, 15) is 0 Å². The zero-order chi connectivity index (χ0) is 28.2. The molecule has 2 aromatic rings. The average Bonchev–Trinajstić information content (AvgIpc) is 2.99. The molecule has 2 heterocycles. The maximum Gasteiger partial charge on any atom is 0.119 e. The molecule has 0 radical (unpaired) electrons. The number of allylic oxidation sites excluding steroid dienone is 2. The Kier molecular flexibility index (Phi) is 12.4. The number of benzene rings is 2. The van der Waals surface area contributed by atoms with Gasteiger partial charge in [-0.2, -0.15) is 0 Å². The molecule has 0 N–H and O–H groups in total. The third-order valence-corrected chi connectivity index (χ3v) is 9.07. The second kappa shape index (κ2) is 16.2. The molecule has 2 aromatic carbocycles. The average molecular weight is 547 g/mol. The van der Waals surface area contributed by atoms with Crippen LogP contribution in [0.3, 0.4) is 0 Å². The van der Waals surface area contributed by atoms with Gasteiger partial charge in [-0.15, -0.1) is 0 Å². The Morgan fingerprint density at radius 1 is 0.625 bits per heavy atom. The van der Waals surface area contributed by atoms with Gasteiger partial charge < -0.3 is 19.3 Å². The minimum atomic E-state index is 0.724. The summed E-state index contributed by atoms with van der Waals surface area (Å²) in [5.74, 6) is 1.94. The summed E-state index contributed by atoms with van der Waals surface area (Å²) in [6.07, 6.45) is 12.3. The van der Waals surface area contributed by atoms with Crippen molar-refractivity contribution in [2.45, 2.75) is 104 Å². The van der Waals surface area contributed by atoms with Crippen LogP contribution in [0.2, 0.25) is 0 Å². The van der Waals surface area contributed by atoms with Crippen LogP contribution < -0.4 is 9.47 Å².